The molecular weight excluding hydrogens is 264 g/mol. The molecule has 0 radical (unpaired) electrons. The van der Waals surface area contributed by atoms with Gasteiger partial charge in [-0.25, -0.2) is 0 Å². The highest BCUT2D eigenvalue weighted by Crippen LogP contribution is 2.23. The normalized spacial score (nSPS) is 13.9. The standard InChI is InChI=1S/C17H38O2Si/c1-7-10-11-12-13-14-18-20(8-2,9-3)19-17(6)15-16(4)5/h16-17H,7-15H2,1-6H3. The van der Waals surface area contributed by atoms with Crippen LogP contribution in [0.25, 0.3) is 0 Å². The van der Waals surface area contributed by atoms with E-state index in [1.54, 1.807) is 0 Å². The molecule has 1 unspecified atom stereocenters. The molecule has 3 heteroatoms. The lowest BCUT2D eigenvalue weighted by molar-refractivity contribution is 0.108. The van der Waals surface area contributed by atoms with Crippen molar-refractivity contribution in [3.63, 3.8) is 0 Å². The number of unbranched alkanes of at least 4 members (excludes halogenated alkanes) is 4. The van der Waals surface area contributed by atoms with Crippen LogP contribution >= 0.6 is 0 Å². The monoisotopic (exact) mass is 302 g/mol. The number of rotatable bonds is 13. The smallest absolute Gasteiger partial charge is 0.337 e. The van der Waals surface area contributed by atoms with Crippen LogP contribution in [0.5, 0.6) is 0 Å². The molecular formula is C17H38O2Si. The predicted molar refractivity (Wildman–Crippen MR) is 91.4 cm³/mol. The molecule has 0 aliphatic heterocycles. The minimum absolute atomic E-state index is 0.335. The third kappa shape index (κ3) is 9.14. The van der Waals surface area contributed by atoms with Gasteiger partial charge in [0.25, 0.3) is 0 Å². The Morgan fingerprint density at radius 1 is 0.850 bits per heavy atom. The third-order valence-electron chi connectivity index (χ3n) is 3.91. The average Bonchev–Trinajstić information content (AvgIpc) is 2.40. The zero-order chi connectivity index (χ0) is 15.4. The van der Waals surface area contributed by atoms with Gasteiger partial charge in [0.05, 0.1) is 0 Å². The van der Waals surface area contributed by atoms with Gasteiger partial charge >= 0.3 is 8.56 Å². The first kappa shape index (κ1) is 20.1. The van der Waals surface area contributed by atoms with Crippen molar-refractivity contribution in [2.24, 2.45) is 5.92 Å². The van der Waals surface area contributed by atoms with E-state index in [4.69, 9.17) is 8.85 Å². The summed E-state index contributed by atoms with van der Waals surface area (Å²) in [5, 5.41) is 0. The maximum Gasteiger partial charge on any atom is 0.337 e. The Labute approximate surface area is 128 Å². The SMILES string of the molecule is CCCCCCCO[Si](CC)(CC)OC(C)CC(C)C. The van der Waals surface area contributed by atoms with Crippen LogP contribution in [0.15, 0.2) is 0 Å². The Hall–Kier alpha value is 0.137. The third-order valence-corrected chi connectivity index (χ3v) is 7.63. The van der Waals surface area contributed by atoms with Crippen LogP contribution in [0, 0.1) is 5.92 Å². The highest BCUT2D eigenvalue weighted by atomic mass is 28.4. The van der Waals surface area contributed by atoms with Gasteiger partial charge in [-0.15, -0.1) is 0 Å². The molecule has 0 N–H and O–H groups in total. The molecule has 0 aliphatic rings. The van der Waals surface area contributed by atoms with E-state index in [1.807, 2.05) is 0 Å². The van der Waals surface area contributed by atoms with E-state index in [1.165, 1.54) is 32.1 Å². The topological polar surface area (TPSA) is 18.5 Å². The van der Waals surface area contributed by atoms with Crippen LogP contribution in [0.4, 0.5) is 0 Å². The van der Waals surface area contributed by atoms with E-state index >= 15 is 0 Å². The fourth-order valence-corrected chi connectivity index (χ4v) is 5.35. The van der Waals surface area contributed by atoms with Gasteiger partial charge in [0.1, 0.15) is 0 Å². The van der Waals surface area contributed by atoms with Gasteiger partial charge in [0.15, 0.2) is 0 Å². The van der Waals surface area contributed by atoms with Crippen LogP contribution in [0.2, 0.25) is 12.1 Å². The van der Waals surface area contributed by atoms with Gasteiger partial charge in [-0.3, -0.25) is 0 Å². The van der Waals surface area contributed by atoms with E-state index in [9.17, 15) is 0 Å². The summed E-state index contributed by atoms with van der Waals surface area (Å²) in [5.41, 5.74) is 0. The lowest BCUT2D eigenvalue weighted by Crippen LogP contribution is -2.44. The zero-order valence-corrected chi connectivity index (χ0v) is 15.8. The molecule has 0 fully saturated rings. The van der Waals surface area contributed by atoms with Crippen molar-refractivity contribution in [1.29, 1.82) is 0 Å². The van der Waals surface area contributed by atoms with E-state index in [0.29, 0.717) is 12.0 Å². The van der Waals surface area contributed by atoms with Crippen LogP contribution < -0.4 is 0 Å². The molecule has 0 aromatic heterocycles. The van der Waals surface area contributed by atoms with Crippen molar-refractivity contribution in [3.8, 4) is 0 Å². The molecule has 122 valence electrons. The van der Waals surface area contributed by atoms with Gasteiger partial charge in [-0.1, -0.05) is 60.3 Å². The van der Waals surface area contributed by atoms with Crippen molar-refractivity contribution in [2.45, 2.75) is 98.3 Å². The fourth-order valence-electron chi connectivity index (χ4n) is 2.70. The molecule has 0 heterocycles. The van der Waals surface area contributed by atoms with Gasteiger partial charge in [0, 0.05) is 12.7 Å². The molecule has 0 amide bonds. The summed E-state index contributed by atoms with van der Waals surface area (Å²) in [6, 6.07) is 2.14. The Morgan fingerprint density at radius 2 is 1.45 bits per heavy atom. The molecule has 0 aromatic carbocycles. The van der Waals surface area contributed by atoms with Crippen molar-refractivity contribution >= 4 is 8.56 Å². The summed E-state index contributed by atoms with van der Waals surface area (Å²) >= 11 is 0. The van der Waals surface area contributed by atoms with Crippen molar-refractivity contribution in [2.75, 3.05) is 6.61 Å². The molecule has 0 saturated heterocycles. The van der Waals surface area contributed by atoms with Crippen molar-refractivity contribution in [3.05, 3.63) is 0 Å². The highest BCUT2D eigenvalue weighted by Gasteiger charge is 2.35. The van der Waals surface area contributed by atoms with Crippen molar-refractivity contribution < 1.29 is 8.85 Å². The minimum atomic E-state index is -1.94. The molecule has 0 aliphatic carbocycles. The number of hydrogen-bond acceptors (Lipinski definition) is 2. The second-order valence-corrected chi connectivity index (χ2v) is 10.2. The first-order valence-corrected chi connectivity index (χ1v) is 11.0. The average molecular weight is 303 g/mol. The Balaban J connectivity index is 4.10. The van der Waals surface area contributed by atoms with Gasteiger partial charge in [0.2, 0.25) is 0 Å². The van der Waals surface area contributed by atoms with Gasteiger partial charge in [-0.2, -0.15) is 0 Å². The van der Waals surface area contributed by atoms with Crippen molar-refractivity contribution in [1.82, 2.24) is 0 Å². The summed E-state index contributed by atoms with van der Waals surface area (Å²) in [7, 11) is -1.94. The predicted octanol–water partition coefficient (Wildman–Crippen LogP) is 5.91. The second-order valence-electron chi connectivity index (χ2n) is 6.44. The lowest BCUT2D eigenvalue weighted by Gasteiger charge is -2.32. The largest absolute Gasteiger partial charge is 0.394 e. The molecule has 0 spiro atoms. The Kier molecular flexibility index (Phi) is 11.8. The molecule has 2 nitrogen and oxygen atoms in total. The first-order chi connectivity index (χ1) is 9.49. The Morgan fingerprint density at radius 3 is 1.95 bits per heavy atom. The minimum Gasteiger partial charge on any atom is -0.394 e. The van der Waals surface area contributed by atoms with E-state index < -0.39 is 8.56 Å². The first-order valence-electron chi connectivity index (χ1n) is 8.81. The Bertz CT molecular complexity index is 215. The molecule has 1 atom stereocenters. The summed E-state index contributed by atoms with van der Waals surface area (Å²) in [6.07, 6.45) is 7.96. The quantitative estimate of drug-likeness (QED) is 0.311. The molecule has 0 saturated carbocycles. The maximum absolute atomic E-state index is 6.39. The maximum atomic E-state index is 6.39. The van der Waals surface area contributed by atoms with E-state index in [2.05, 4.69) is 41.5 Å². The van der Waals surface area contributed by atoms with Crippen LogP contribution in [0.1, 0.15) is 80.1 Å². The van der Waals surface area contributed by atoms with Gasteiger partial charge in [-0.05, 0) is 37.8 Å². The van der Waals surface area contributed by atoms with Crippen LogP contribution in [0.3, 0.4) is 0 Å². The molecule has 0 bridgehead atoms. The zero-order valence-electron chi connectivity index (χ0n) is 14.8. The summed E-state index contributed by atoms with van der Waals surface area (Å²) in [4.78, 5) is 0. The van der Waals surface area contributed by atoms with Crippen LogP contribution in [-0.4, -0.2) is 21.3 Å². The number of hydrogen-bond donors (Lipinski definition) is 0. The molecule has 0 aromatic rings. The summed E-state index contributed by atoms with van der Waals surface area (Å²) < 4.78 is 12.7. The van der Waals surface area contributed by atoms with Crippen LogP contribution in [-0.2, 0) is 8.85 Å². The van der Waals surface area contributed by atoms with E-state index in [0.717, 1.165) is 25.1 Å². The molecule has 0 rings (SSSR count). The summed E-state index contributed by atoms with van der Waals surface area (Å²) in [5.74, 6) is 0.694. The second kappa shape index (κ2) is 11.8. The lowest BCUT2D eigenvalue weighted by atomic mass is 10.1. The molecule has 20 heavy (non-hydrogen) atoms. The van der Waals surface area contributed by atoms with E-state index in [-0.39, 0.29) is 0 Å². The summed E-state index contributed by atoms with van der Waals surface area (Å²) in [6.45, 7) is 14.3. The highest BCUT2D eigenvalue weighted by molar-refractivity contribution is 6.67. The van der Waals surface area contributed by atoms with Gasteiger partial charge < -0.3 is 8.85 Å². The fraction of sp³-hybridized carbons (Fsp3) is 1.00.